The molecule has 1 N–H and O–H groups in total. The number of carbonyl (C=O) groups is 3. The third-order valence-electron chi connectivity index (χ3n) is 5.87. The van der Waals surface area contributed by atoms with Crippen LogP contribution in [0.3, 0.4) is 0 Å². The number of imide groups is 1. The highest BCUT2D eigenvalue weighted by Crippen LogP contribution is 2.38. The quantitative estimate of drug-likeness (QED) is 0.469. The van der Waals surface area contributed by atoms with E-state index in [1.165, 1.54) is 0 Å². The Kier molecular flexibility index (Phi) is 4.96. The Labute approximate surface area is 189 Å². The van der Waals surface area contributed by atoms with E-state index in [2.05, 4.69) is 5.32 Å². The number of esters is 1. The number of carbonyl (C=O) groups excluding carboxylic acids is 3. The van der Waals surface area contributed by atoms with E-state index in [9.17, 15) is 14.4 Å². The molecule has 2 aliphatic rings. The van der Waals surface area contributed by atoms with Gasteiger partial charge in [0, 0.05) is 10.9 Å². The molecule has 9 heteroatoms. The van der Waals surface area contributed by atoms with Gasteiger partial charge in [-0.3, -0.25) is 9.69 Å². The van der Waals surface area contributed by atoms with E-state index in [0.29, 0.717) is 46.8 Å². The van der Waals surface area contributed by atoms with Crippen LogP contribution in [0.15, 0.2) is 46.9 Å². The average Bonchev–Trinajstić information content (AvgIpc) is 3.30. The van der Waals surface area contributed by atoms with Crippen molar-refractivity contribution in [3.63, 3.8) is 0 Å². The van der Waals surface area contributed by atoms with Crippen molar-refractivity contribution in [1.29, 1.82) is 0 Å². The SMILES string of the molecule is CCOC(=O)c1oc2ccccc2c1CN1C(=O)N[C@](C)(c2ccc3c(c2)OCCO3)C1=O. The minimum atomic E-state index is -1.31. The van der Waals surface area contributed by atoms with E-state index in [1.807, 2.05) is 0 Å². The number of urea groups is 1. The van der Waals surface area contributed by atoms with Gasteiger partial charge in [-0.05, 0) is 37.6 Å². The zero-order valence-electron chi connectivity index (χ0n) is 18.2. The maximum Gasteiger partial charge on any atom is 0.374 e. The second-order valence-electron chi connectivity index (χ2n) is 7.93. The molecule has 2 aliphatic heterocycles. The fourth-order valence-electron chi connectivity index (χ4n) is 4.17. The van der Waals surface area contributed by atoms with Crippen LogP contribution in [0.1, 0.15) is 35.5 Å². The van der Waals surface area contributed by atoms with E-state index in [1.54, 1.807) is 56.3 Å². The largest absolute Gasteiger partial charge is 0.486 e. The molecule has 0 saturated carbocycles. The van der Waals surface area contributed by atoms with Crippen molar-refractivity contribution >= 4 is 28.9 Å². The molecule has 170 valence electrons. The van der Waals surface area contributed by atoms with E-state index in [-0.39, 0.29) is 18.9 Å². The lowest BCUT2D eigenvalue weighted by Crippen LogP contribution is -2.41. The lowest BCUT2D eigenvalue weighted by atomic mass is 9.91. The number of rotatable bonds is 5. The van der Waals surface area contributed by atoms with Gasteiger partial charge < -0.3 is 23.9 Å². The van der Waals surface area contributed by atoms with Gasteiger partial charge in [0.05, 0.1) is 13.2 Å². The van der Waals surface area contributed by atoms with Crippen molar-refractivity contribution in [3.05, 3.63) is 59.4 Å². The summed E-state index contributed by atoms with van der Waals surface area (Å²) in [6.07, 6.45) is 0. The fraction of sp³-hybridized carbons (Fsp3) is 0.292. The second-order valence-corrected chi connectivity index (χ2v) is 7.93. The number of nitrogens with one attached hydrogen (secondary N) is 1. The molecule has 9 nitrogen and oxygen atoms in total. The van der Waals surface area contributed by atoms with E-state index < -0.39 is 23.4 Å². The third kappa shape index (κ3) is 3.36. The van der Waals surface area contributed by atoms with Gasteiger partial charge in [0.2, 0.25) is 5.76 Å². The number of furan rings is 1. The molecule has 1 aromatic heterocycles. The first-order chi connectivity index (χ1) is 15.9. The van der Waals surface area contributed by atoms with Gasteiger partial charge in [-0.1, -0.05) is 24.3 Å². The number of hydrogen-bond donors (Lipinski definition) is 1. The molecule has 3 heterocycles. The minimum Gasteiger partial charge on any atom is -0.486 e. The summed E-state index contributed by atoms with van der Waals surface area (Å²) in [6, 6.07) is 11.6. The van der Waals surface area contributed by atoms with Gasteiger partial charge in [0.25, 0.3) is 5.91 Å². The number of para-hydroxylation sites is 1. The summed E-state index contributed by atoms with van der Waals surface area (Å²) in [4.78, 5) is 40.0. The van der Waals surface area contributed by atoms with Crippen molar-refractivity contribution in [2.45, 2.75) is 25.9 Å². The molecule has 33 heavy (non-hydrogen) atoms. The molecule has 3 amide bonds. The van der Waals surface area contributed by atoms with E-state index in [4.69, 9.17) is 18.6 Å². The van der Waals surface area contributed by atoms with Crippen LogP contribution in [-0.4, -0.2) is 42.6 Å². The summed E-state index contributed by atoms with van der Waals surface area (Å²) in [7, 11) is 0. The molecule has 0 aliphatic carbocycles. The molecule has 2 aromatic carbocycles. The van der Waals surface area contributed by atoms with Crippen molar-refractivity contribution in [2.75, 3.05) is 19.8 Å². The fourth-order valence-corrected chi connectivity index (χ4v) is 4.17. The number of hydrogen-bond acceptors (Lipinski definition) is 7. The Morgan fingerprint density at radius 1 is 1.12 bits per heavy atom. The maximum atomic E-state index is 13.5. The first kappa shape index (κ1) is 20.9. The van der Waals surface area contributed by atoms with Crippen molar-refractivity contribution in [2.24, 2.45) is 0 Å². The van der Waals surface area contributed by atoms with Gasteiger partial charge in [0.15, 0.2) is 11.5 Å². The Morgan fingerprint density at radius 2 is 1.88 bits per heavy atom. The summed E-state index contributed by atoms with van der Waals surface area (Å²) in [5.74, 6) is -0.0155. The summed E-state index contributed by atoms with van der Waals surface area (Å²) in [5.41, 5.74) is 0.141. The summed E-state index contributed by atoms with van der Waals surface area (Å²) < 4.78 is 22.0. The number of amides is 3. The molecule has 3 aromatic rings. The van der Waals surface area contributed by atoms with Crippen LogP contribution in [0.5, 0.6) is 11.5 Å². The van der Waals surface area contributed by atoms with Crippen LogP contribution in [0, 0.1) is 0 Å². The normalized spacial score (nSPS) is 19.6. The standard InChI is InChI=1S/C24H22N2O7/c1-3-30-21(27)20-16(15-6-4-5-7-17(15)33-20)13-26-22(28)24(2,25-23(26)29)14-8-9-18-19(12-14)32-11-10-31-18/h4-9,12H,3,10-11,13H2,1-2H3,(H,25,29)/t24-/m1/s1. The van der Waals surface area contributed by atoms with Gasteiger partial charge >= 0.3 is 12.0 Å². The average molecular weight is 450 g/mol. The number of ether oxygens (including phenoxy) is 3. The first-order valence-corrected chi connectivity index (χ1v) is 10.6. The van der Waals surface area contributed by atoms with Crippen LogP contribution < -0.4 is 14.8 Å². The van der Waals surface area contributed by atoms with Gasteiger partial charge in [-0.25, -0.2) is 9.59 Å². The lowest BCUT2D eigenvalue weighted by molar-refractivity contribution is -0.131. The lowest BCUT2D eigenvalue weighted by Gasteiger charge is -2.25. The predicted molar refractivity (Wildman–Crippen MR) is 116 cm³/mol. The van der Waals surface area contributed by atoms with Crippen molar-refractivity contribution in [3.8, 4) is 11.5 Å². The zero-order valence-corrected chi connectivity index (χ0v) is 18.2. The van der Waals surface area contributed by atoms with Crippen LogP contribution in [0.2, 0.25) is 0 Å². The second kappa shape index (κ2) is 7.84. The van der Waals surface area contributed by atoms with Gasteiger partial charge in [-0.15, -0.1) is 0 Å². The van der Waals surface area contributed by atoms with Crippen LogP contribution >= 0.6 is 0 Å². The summed E-state index contributed by atoms with van der Waals surface area (Å²) in [6.45, 7) is 4.21. The van der Waals surface area contributed by atoms with E-state index >= 15 is 0 Å². The minimum absolute atomic E-state index is 0.0217. The summed E-state index contributed by atoms with van der Waals surface area (Å²) >= 11 is 0. The smallest absolute Gasteiger partial charge is 0.374 e. The highest BCUT2D eigenvalue weighted by atomic mass is 16.6. The maximum absolute atomic E-state index is 13.5. The Bertz CT molecular complexity index is 1280. The highest BCUT2D eigenvalue weighted by molar-refractivity contribution is 6.08. The molecule has 0 spiro atoms. The topological polar surface area (TPSA) is 107 Å². The van der Waals surface area contributed by atoms with Gasteiger partial charge in [-0.2, -0.15) is 0 Å². The molecule has 0 unspecified atom stereocenters. The number of nitrogens with zero attached hydrogens (tertiary/aromatic N) is 1. The molecular formula is C24H22N2O7. The first-order valence-electron chi connectivity index (χ1n) is 10.6. The van der Waals surface area contributed by atoms with Crippen LogP contribution in [0.25, 0.3) is 11.0 Å². The van der Waals surface area contributed by atoms with Crippen molar-refractivity contribution < 1.29 is 33.0 Å². The molecule has 1 saturated heterocycles. The molecule has 1 atom stereocenters. The Balaban J connectivity index is 1.50. The summed E-state index contributed by atoms with van der Waals surface area (Å²) in [5, 5.41) is 3.42. The predicted octanol–water partition coefficient (Wildman–Crippen LogP) is 3.35. The van der Waals surface area contributed by atoms with Crippen molar-refractivity contribution in [1.82, 2.24) is 10.2 Å². The van der Waals surface area contributed by atoms with Gasteiger partial charge in [0.1, 0.15) is 24.3 Å². The third-order valence-corrected chi connectivity index (χ3v) is 5.87. The van der Waals surface area contributed by atoms with Crippen LogP contribution in [-0.2, 0) is 21.6 Å². The molecule has 0 radical (unpaired) electrons. The zero-order chi connectivity index (χ0) is 23.2. The highest BCUT2D eigenvalue weighted by Gasteiger charge is 2.49. The molecule has 0 bridgehead atoms. The monoisotopic (exact) mass is 450 g/mol. The molecule has 1 fully saturated rings. The Hall–Kier alpha value is -4.01. The number of fused-ring (bicyclic) bond motifs is 2. The molecule has 5 rings (SSSR count). The number of benzene rings is 2. The molecular weight excluding hydrogens is 428 g/mol. The Morgan fingerprint density at radius 3 is 2.67 bits per heavy atom. The van der Waals surface area contributed by atoms with Crippen LogP contribution in [0.4, 0.5) is 4.79 Å². The van der Waals surface area contributed by atoms with E-state index in [0.717, 1.165) is 4.90 Å².